The minimum atomic E-state index is -0.472. The molecule has 0 saturated heterocycles. The fraction of sp³-hybridized carbons (Fsp3) is 0.0455. The molecule has 0 bridgehead atoms. The average Bonchev–Trinajstić information content (AvgIpc) is 2.70. The lowest BCUT2D eigenvalue weighted by Gasteiger charge is -2.12. The summed E-state index contributed by atoms with van der Waals surface area (Å²) in [6, 6.07) is 21.1. The van der Waals surface area contributed by atoms with Gasteiger partial charge in [-0.25, -0.2) is 14.6 Å². The van der Waals surface area contributed by atoms with Crippen molar-refractivity contribution in [2.45, 2.75) is 6.92 Å². The SMILES string of the molecule is Cc1ccccc1NC(=O)Nc1ccccc1-c1nc2ccccc2c(=O)o1. The zero-order valence-electron chi connectivity index (χ0n) is 15.1. The van der Waals surface area contributed by atoms with Crippen molar-refractivity contribution in [3.05, 3.63) is 88.8 Å². The number of anilines is 2. The van der Waals surface area contributed by atoms with E-state index >= 15 is 0 Å². The van der Waals surface area contributed by atoms with Crippen LogP contribution in [0.2, 0.25) is 0 Å². The number of rotatable bonds is 3. The van der Waals surface area contributed by atoms with E-state index in [-0.39, 0.29) is 5.89 Å². The highest BCUT2D eigenvalue weighted by Crippen LogP contribution is 2.27. The maximum Gasteiger partial charge on any atom is 0.347 e. The van der Waals surface area contributed by atoms with Crippen molar-refractivity contribution < 1.29 is 9.21 Å². The zero-order valence-corrected chi connectivity index (χ0v) is 15.1. The van der Waals surface area contributed by atoms with E-state index in [4.69, 9.17) is 4.42 Å². The van der Waals surface area contributed by atoms with Gasteiger partial charge in [0.1, 0.15) is 0 Å². The van der Waals surface area contributed by atoms with E-state index in [9.17, 15) is 9.59 Å². The Labute approximate surface area is 160 Å². The number of nitrogens with one attached hydrogen (secondary N) is 2. The van der Waals surface area contributed by atoms with Crippen LogP contribution < -0.4 is 16.3 Å². The van der Waals surface area contributed by atoms with E-state index in [2.05, 4.69) is 15.6 Å². The molecule has 2 amide bonds. The molecule has 28 heavy (non-hydrogen) atoms. The summed E-state index contributed by atoms with van der Waals surface area (Å²) in [5, 5.41) is 6.03. The fourth-order valence-electron chi connectivity index (χ4n) is 2.90. The smallest absolute Gasteiger partial charge is 0.347 e. The number of nitrogens with zero attached hydrogens (tertiary/aromatic N) is 1. The first-order chi connectivity index (χ1) is 13.6. The summed E-state index contributed by atoms with van der Waals surface area (Å²) in [6.07, 6.45) is 0. The van der Waals surface area contributed by atoms with Crippen LogP contribution in [0.4, 0.5) is 16.2 Å². The number of amides is 2. The third-order valence-corrected chi connectivity index (χ3v) is 4.33. The predicted molar refractivity (Wildman–Crippen MR) is 110 cm³/mol. The molecule has 4 rings (SSSR count). The first kappa shape index (κ1) is 17.5. The topological polar surface area (TPSA) is 84.2 Å². The van der Waals surface area contributed by atoms with Gasteiger partial charge >= 0.3 is 11.7 Å². The summed E-state index contributed by atoms with van der Waals surface area (Å²) < 4.78 is 5.40. The van der Waals surface area contributed by atoms with Gasteiger partial charge in [0.15, 0.2) is 0 Å². The van der Waals surface area contributed by atoms with Crippen LogP contribution in [0.5, 0.6) is 0 Å². The summed E-state index contributed by atoms with van der Waals surface area (Å²) in [7, 11) is 0. The molecular formula is C22H17N3O3. The second-order valence-corrected chi connectivity index (χ2v) is 6.26. The quantitative estimate of drug-likeness (QED) is 0.541. The lowest BCUT2D eigenvalue weighted by atomic mass is 10.1. The summed E-state index contributed by atoms with van der Waals surface area (Å²) in [5.74, 6) is 0.149. The van der Waals surface area contributed by atoms with Crippen molar-refractivity contribution in [2.24, 2.45) is 0 Å². The van der Waals surface area contributed by atoms with Crippen LogP contribution in [-0.2, 0) is 0 Å². The number of hydrogen-bond donors (Lipinski definition) is 2. The number of aromatic nitrogens is 1. The molecule has 0 spiro atoms. The van der Waals surface area contributed by atoms with Crippen LogP contribution in [0.1, 0.15) is 5.56 Å². The molecule has 3 aromatic carbocycles. The molecule has 1 heterocycles. The Kier molecular flexibility index (Phi) is 4.60. The summed E-state index contributed by atoms with van der Waals surface area (Å²) in [6.45, 7) is 1.91. The molecule has 0 aliphatic heterocycles. The van der Waals surface area contributed by atoms with E-state index in [0.29, 0.717) is 27.8 Å². The predicted octanol–water partition coefficient (Wildman–Crippen LogP) is 4.81. The van der Waals surface area contributed by atoms with Crippen LogP contribution in [0.3, 0.4) is 0 Å². The third kappa shape index (κ3) is 3.48. The number of urea groups is 1. The molecule has 2 N–H and O–H groups in total. The lowest BCUT2D eigenvalue weighted by molar-refractivity contribution is 0.262. The Balaban J connectivity index is 1.67. The molecule has 0 atom stereocenters. The van der Waals surface area contributed by atoms with E-state index in [0.717, 1.165) is 5.56 Å². The molecular weight excluding hydrogens is 354 g/mol. The average molecular weight is 371 g/mol. The summed E-state index contributed by atoms with van der Waals surface area (Å²) in [4.78, 5) is 29.2. The Hall–Kier alpha value is -3.93. The molecule has 0 aliphatic carbocycles. The third-order valence-electron chi connectivity index (χ3n) is 4.33. The van der Waals surface area contributed by atoms with E-state index in [1.807, 2.05) is 31.2 Å². The van der Waals surface area contributed by atoms with E-state index < -0.39 is 11.7 Å². The Morgan fingerprint density at radius 2 is 1.50 bits per heavy atom. The van der Waals surface area contributed by atoms with Crippen molar-refractivity contribution in [3.63, 3.8) is 0 Å². The highest BCUT2D eigenvalue weighted by molar-refractivity contribution is 6.02. The summed E-state index contributed by atoms with van der Waals surface area (Å²) >= 11 is 0. The van der Waals surface area contributed by atoms with Gasteiger partial charge in [0.05, 0.1) is 22.2 Å². The molecule has 4 aromatic rings. The minimum absolute atomic E-state index is 0.149. The molecule has 0 radical (unpaired) electrons. The standard InChI is InChI=1S/C22H17N3O3/c1-14-8-2-5-11-17(14)24-22(27)25-18-12-6-3-9-15(18)20-23-19-13-7-4-10-16(19)21(26)28-20/h2-13H,1H3,(H2,24,25,27). The van der Waals surface area contributed by atoms with E-state index in [1.54, 1.807) is 48.5 Å². The number of aryl methyl sites for hydroxylation is 1. The molecule has 0 unspecified atom stereocenters. The number of para-hydroxylation sites is 3. The van der Waals surface area contributed by atoms with E-state index in [1.165, 1.54) is 0 Å². The van der Waals surface area contributed by atoms with Crippen LogP contribution in [-0.4, -0.2) is 11.0 Å². The normalized spacial score (nSPS) is 10.6. The number of benzene rings is 3. The van der Waals surface area contributed by atoms with Crippen LogP contribution in [0, 0.1) is 6.92 Å². The van der Waals surface area contributed by atoms with Crippen molar-refractivity contribution in [1.29, 1.82) is 0 Å². The molecule has 0 saturated carbocycles. The molecule has 6 nitrogen and oxygen atoms in total. The van der Waals surface area contributed by atoms with Gasteiger partial charge < -0.3 is 15.1 Å². The van der Waals surface area contributed by atoms with Gasteiger partial charge in [-0.1, -0.05) is 42.5 Å². The molecule has 0 aliphatic rings. The molecule has 6 heteroatoms. The number of carbonyl (C=O) groups excluding carboxylic acids is 1. The monoisotopic (exact) mass is 371 g/mol. The van der Waals surface area contributed by atoms with Gasteiger partial charge in [-0.2, -0.15) is 0 Å². The maximum atomic E-state index is 12.5. The Morgan fingerprint density at radius 3 is 2.32 bits per heavy atom. The van der Waals surface area contributed by atoms with Crippen molar-refractivity contribution >= 4 is 28.3 Å². The van der Waals surface area contributed by atoms with Crippen molar-refractivity contribution in [1.82, 2.24) is 4.98 Å². The first-order valence-electron chi connectivity index (χ1n) is 8.75. The van der Waals surface area contributed by atoms with Crippen LogP contribution in [0.25, 0.3) is 22.4 Å². The summed E-state index contributed by atoms with van der Waals surface area (Å²) in [5.41, 5.74) is 2.73. The van der Waals surface area contributed by atoms with Gasteiger partial charge in [-0.15, -0.1) is 0 Å². The zero-order chi connectivity index (χ0) is 19.5. The highest BCUT2D eigenvalue weighted by atomic mass is 16.4. The largest absolute Gasteiger partial charge is 0.403 e. The van der Waals surface area contributed by atoms with Gasteiger partial charge in [0.25, 0.3) is 0 Å². The minimum Gasteiger partial charge on any atom is -0.403 e. The molecule has 1 aromatic heterocycles. The number of fused-ring (bicyclic) bond motifs is 1. The molecule has 138 valence electrons. The van der Waals surface area contributed by atoms with Crippen LogP contribution in [0.15, 0.2) is 82.0 Å². The first-order valence-corrected chi connectivity index (χ1v) is 8.75. The number of carbonyl (C=O) groups is 1. The second kappa shape index (κ2) is 7.36. The van der Waals surface area contributed by atoms with Crippen molar-refractivity contribution in [3.8, 4) is 11.5 Å². The highest BCUT2D eigenvalue weighted by Gasteiger charge is 2.14. The lowest BCUT2D eigenvalue weighted by Crippen LogP contribution is -2.20. The van der Waals surface area contributed by atoms with Gasteiger partial charge in [0, 0.05) is 5.69 Å². The second-order valence-electron chi connectivity index (χ2n) is 6.26. The Bertz CT molecular complexity index is 1230. The Morgan fingerprint density at radius 1 is 0.857 bits per heavy atom. The molecule has 0 fully saturated rings. The fourth-order valence-corrected chi connectivity index (χ4v) is 2.90. The van der Waals surface area contributed by atoms with Gasteiger partial charge in [0.2, 0.25) is 5.89 Å². The van der Waals surface area contributed by atoms with Gasteiger partial charge in [-0.3, -0.25) is 0 Å². The van der Waals surface area contributed by atoms with Crippen LogP contribution >= 0.6 is 0 Å². The number of hydrogen-bond acceptors (Lipinski definition) is 4. The maximum absolute atomic E-state index is 12.5. The van der Waals surface area contributed by atoms with Gasteiger partial charge in [-0.05, 0) is 42.8 Å². The van der Waals surface area contributed by atoms with Crippen molar-refractivity contribution in [2.75, 3.05) is 10.6 Å².